The number of carbonyl (C=O) groups is 2. The first kappa shape index (κ1) is 18.2. The van der Waals surface area contributed by atoms with Crippen LogP contribution in [0, 0.1) is 0 Å². The van der Waals surface area contributed by atoms with Gasteiger partial charge in [0.1, 0.15) is 0 Å². The number of hydrogen-bond donors (Lipinski definition) is 2. The number of amides is 2. The van der Waals surface area contributed by atoms with E-state index in [0.29, 0.717) is 31.6 Å². The maximum Gasteiger partial charge on any atom is 0.247 e. The lowest BCUT2D eigenvalue weighted by molar-refractivity contribution is -0.138. The standard InChI is InChI=1S/C18H24N2O4/c1-3-16(22)19-15-7-5-4-6-14(15)12-17(23)20-10-8-18(13-21,24-2)9-11-20/h3-7,21H,1,8-13H2,2H3,(H,19,22). The first-order valence-corrected chi connectivity index (χ1v) is 7.98. The Labute approximate surface area is 142 Å². The first-order chi connectivity index (χ1) is 11.5. The lowest BCUT2D eigenvalue weighted by Gasteiger charge is -2.39. The molecule has 6 heteroatoms. The van der Waals surface area contributed by atoms with Gasteiger partial charge in [0.15, 0.2) is 0 Å². The average Bonchev–Trinajstić information content (AvgIpc) is 2.63. The summed E-state index contributed by atoms with van der Waals surface area (Å²) in [5.41, 5.74) is 0.852. The number of ether oxygens (including phenoxy) is 1. The van der Waals surface area contributed by atoms with Crippen LogP contribution in [0.4, 0.5) is 5.69 Å². The van der Waals surface area contributed by atoms with Crippen molar-refractivity contribution in [2.24, 2.45) is 0 Å². The summed E-state index contributed by atoms with van der Waals surface area (Å²) in [5, 5.41) is 12.2. The largest absolute Gasteiger partial charge is 0.393 e. The highest BCUT2D eigenvalue weighted by Gasteiger charge is 2.35. The number of nitrogens with zero attached hydrogens (tertiary/aromatic N) is 1. The molecule has 24 heavy (non-hydrogen) atoms. The number of hydrogen-bond acceptors (Lipinski definition) is 4. The van der Waals surface area contributed by atoms with Crippen LogP contribution in [0.25, 0.3) is 0 Å². The molecule has 2 amide bonds. The summed E-state index contributed by atoms with van der Waals surface area (Å²) < 4.78 is 5.40. The van der Waals surface area contributed by atoms with Crippen LogP contribution in [0.5, 0.6) is 0 Å². The molecule has 2 rings (SSSR count). The Morgan fingerprint density at radius 1 is 1.38 bits per heavy atom. The Hall–Kier alpha value is -2.18. The average molecular weight is 332 g/mol. The molecule has 1 heterocycles. The fraction of sp³-hybridized carbons (Fsp3) is 0.444. The van der Waals surface area contributed by atoms with E-state index in [-0.39, 0.29) is 24.8 Å². The molecule has 0 bridgehead atoms. The maximum atomic E-state index is 12.6. The molecule has 1 fully saturated rings. The number of benzene rings is 1. The highest BCUT2D eigenvalue weighted by Crippen LogP contribution is 2.26. The van der Waals surface area contributed by atoms with Crippen LogP contribution < -0.4 is 5.32 Å². The number of carbonyl (C=O) groups excluding carboxylic acids is 2. The van der Waals surface area contributed by atoms with Crippen LogP contribution in [-0.2, 0) is 20.7 Å². The number of likely N-dealkylation sites (tertiary alicyclic amines) is 1. The van der Waals surface area contributed by atoms with Crippen molar-refractivity contribution >= 4 is 17.5 Å². The van der Waals surface area contributed by atoms with Gasteiger partial charge < -0.3 is 20.1 Å². The number of para-hydroxylation sites is 1. The second-order valence-electron chi connectivity index (χ2n) is 5.95. The van der Waals surface area contributed by atoms with Crippen molar-refractivity contribution in [1.29, 1.82) is 0 Å². The highest BCUT2D eigenvalue weighted by atomic mass is 16.5. The third-order valence-corrected chi connectivity index (χ3v) is 4.55. The molecule has 0 spiro atoms. The molecule has 6 nitrogen and oxygen atoms in total. The van der Waals surface area contributed by atoms with E-state index in [1.165, 1.54) is 6.08 Å². The van der Waals surface area contributed by atoms with Crippen molar-refractivity contribution < 1.29 is 19.4 Å². The second-order valence-corrected chi connectivity index (χ2v) is 5.95. The van der Waals surface area contributed by atoms with Crippen molar-refractivity contribution in [2.75, 3.05) is 32.1 Å². The van der Waals surface area contributed by atoms with Crippen molar-refractivity contribution in [3.05, 3.63) is 42.5 Å². The van der Waals surface area contributed by atoms with E-state index in [2.05, 4.69) is 11.9 Å². The fourth-order valence-corrected chi connectivity index (χ4v) is 2.85. The summed E-state index contributed by atoms with van der Waals surface area (Å²) in [6.45, 7) is 4.49. The molecule has 1 saturated heterocycles. The molecule has 0 aliphatic carbocycles. The van der Waals surface area contributed by atoms with Crippen LogP contribution in [0.15, 0.2) is 36.9 Å². The van der Waals surface area contributed by atoms with Crippen molar-refractivity contribution in [2.45, 2.75) is 24.9 Å². The molecule has 0 radical (unpaired) electrons. The summed E-state index contributed by atoms with van der Waals surface area (Å²) in [4.78, 5) is 25.8. The van der Waals surface area contributed by atoms with Crippen molar-refractivity contribution in [3.63, 3.8) is 0 Å². The topological polar surface area (TPSA) is 78.9 Å². The quantitative estimate of drug-likeness (QED) is 0.771. The van der Waals surface area contributed by atoms with E-state index in [1.54, 1.807) is 18.1 Å². The fourth-order valence-electron chi connectivity index (χ4n) is 2.85. The van der Waals surface area contributed by atoms with Gasteiger partial charge in [-0.25, -0.2) is 0 Å². The number of methoxy groups -OCH3 is 1. The van der Waals surface area contributed by atoms with E-state index >= 15 is 0 Å². The van der Waals surface area contributed by atoms with E-state index < -0.39 is 5.60 Å². The van der Waals surface area contributed by atoms with Gasteiger partial charge in [-0.15, -0.1) is 0 Å². The predicted molar refractivity (Wildman–Crippen MR) is 91.6 cm³/mol. The van der Waals surface area contributed by atoms with Crippen LogP contribution >= 0.6 is 0 Å². The minimum Gasteiger partial charge on any atom is -0.393 e. The van der Waals surface area contributed by atoms with Crippen molar-refractivity contribution in [1.82, 2.24) is 4.90 Å². The van der Waals surface area contributed by atoms with E-state index in [9.17, 15) is 14.7 Å². The SMILES string of the molecule is C=CC(=O)Nc1ccccc1CC(=O)N1CCC(CO)(OC)CC1. The monoisotopic (exact) mass is 332 g/mol. The Kier molecular flexibility index (Phi) is 6.11. The Morgan fingerprint density at radius 2 is 2.04 bits per heavy atom. The van der Waals surface area contributed by atoms with E-state index in [4.69, 9.17) is 4.74 Å². The Morgan fingerprint density at radius 3 is 2.62 bits per heavy atom. The predicted octanol–water partition coefficient (Wildman–Crippen LogP) is 1.35. The van der Waals surface area contributed by atoms with Crippen LogP contribution in [0.3, 0.4) is 0 Å². The summed E-state index contributed by atoms with van der Waals surface area (Å²) in [5.74, 6) is -0.307. The van der Waals surface area contributed by atoms with Gasteiger partial charge in [0.2, 0.25) is 11.8 Å². The van der Waals surface area contributed by atoms with E-state index in [0.717, 1.165) is 5.56 Å². The molecule has 0 aromatic heterocycles. The number of piperidine rings is 1. The van der Waals surface area contributed by atoms with Gasteiger partial charge in [0.05, 0.1) is 18.6 Å². The lowest BCUT2D eigenvalue weighted by atomic mass is 9.91. The molecular weight excluding hydrogens is 308 g/mol. The molecule has 130 valence electrons. The van der Waals surface area contributed by atoms with Crippen LogP contribution in [0.2, 0.25) is 0 Å². The number of aliphatic hydroxyl groups excluding tert-OH is 1. The minimum absolute atomic E-state index is 0.00190. The Bertz CT molecular complexity index is 601. The van der Waals surface area contributed by atoms with Gasteiger partial charge in [-0.05, 0) is 30.5 Å². The molecule has 1 aliphatic heterocycles. The normalized spacial score (nSPS) is 16.5. The number of anilines is 1. The molecular formula is C18H24N2O4. The molecule has 1 aromatic rings. The number of rotatable bonds is 6. The summed E-state index contributed by atoms with van der Waals surface area (Å²) in [6.07, 6.45) is 2.64. The second kappa shape index (κ2) is 8.08. The molecule has 0 saturated carbocycles. The smallest absolute Gasteiger partial charge is 0.247 e. The van der Waals surface area contributed by atoms with Gasteiger partial charge in [0.25, 0.3) is 0 Å². The lowest BCUT2D eigenvalue weighted by Crippen LogP contribution is -2.50. The summed E-state index contributed by atoms with van der Waals surface area (Å²) >= 11 is 0. The molecule has 2 N–H and O–H groups in total. The summed E-state index contributed by atoms with van der Waals surface area (Å²) in [6, 6.07) is 7.24. The van der Waals surface area contributed by atoms with Gasteiger partial charge in [-0.2, -0.15) is 0 Å². The first-order valence-electron chi connectivity index (χ1n) is 7.98. The van der Waals surface area contributed by atoms with E-state index in [1.807, 2.05) is 18.2 Å². The highest BCUT2D eigenvalue weighted by molar-refractivity contribution is 5.99. The van der Waals surface area contributed by atoms with Crippen molar-refractivity contribution in [3.8, 4) is 0 Å². The zero-order valence-corrected chi connectivity index (χ0v) is 14.0. The zero-order chi connectivity index (χ0) is 17.6. The molecule has 0 unspecified atom stereocenters. The number of aliphatic hydroxyl groups is 1. The third kappa shape index (κ3) is 4.21. The molecule has 1 aliphatic rings. The van der Waals surface area contributed by atoms with Crippen LogP contribution in [0.1, 0.15) is 18.4 Å². The van der Waals surface area contributed by atoms with Gasteiger partial charge in [0, 0.05) is 25.9 Å². The van der Waals surface area contributed by atoms with Gasteiger partial charge in [-0.3, -0.25) is 9.59 Å². The van der Waals surface area contributed by atoms with Gasteiger partial charge >= 0.3 is 0 Å². The molecule has 1 aromatic carbocycles. The maximum absolute atomic E-state index is 12.6. The third-order valence-electron chi connectivity index (χ3n) is 4.55. The molecule has 0 atom stereocenters. The number of nitrogens with one attached hydrogen (secondary N) is 1. The Balaban J connectivity index is 2.01. The van der Waals surface area contributed by atoms with Gasteiger partial charge in [-0.1, -0.05) is 24.8 Å². The summed E-state index contributed by atoms with van der Waals surface area (Å²) in [7, 11) is 1.59. The zero-order valence-electron chi connectivity index (χ0n) is 14.0. The van der Waals surface area contributed by atoms with Crippen LogP contribution in [-0.4, -0.2) is 54.2 Å². The minimum atomic E-state index is -0.535.